The summed E-state index contributed by atoms with van der Waals surface area (Å²) >= 11 is 0. The number of hydrogen-bond acceptors (Lipinski definition) is 4. The maximum absolute atomic E-state index is 12.3. The molecule has 0 atom stereocenters. The first-order valence-electron chi connectivity index (χ1n) is 5.87. The Morgan fingerprint density at radius 1 is 1.32 bits per heavy atom. The third-order valence-electron chi connectivity index (χ3n) is 2.94. The standard InChI is InChI=1S/C13H16N4O2/c1-13(2,9-7-5-4-6-8-9)10(18)14-11-15-12(19-3)17-16-11/h4-8H,1-3H3,(H2,14,15,16,17,18). The van der Waals surface area contributed by atoms with Crippen LogP contribution in [0.2, 0.25) is 0 Å². The number of rotatable bonds is 4. The lowest BCUT2D eigenvalue weighted by molar-refractivity contribution is -0.120. The van der Waals surface area contributed by atoms with E-state index in [1.165, 1.54) is 7.11 Å². The topological polar surface area (TPSA) is 79.9 Å². The molecular formula is C13H16N4O2. The van der Waals surface area contributed by atoms with Gasteiger partial charge in [0.2, 0.25) is 11.9 Å². The fourth-order valence-electron chi connectivity index (χ4n) is 1.64. The second kappa shape index (κ2) is 5.09. The minimum Gasteiger partial charge on any atom is -0.466 e. The fraction of sp³-hybridized carbons (Fsp3) is 0.308. The Kier molecular flexibility index (Phi) is 3.50. The van der Waals surface area contributed by atoms with Gasteiger partial charge < -0.3 is 4.74 Å². The Balaban J connectivity index is 2.15. The zero-order valence-electron chi connectivity index (χ0n) is 11.1. The van der Waals surface area contributed by atoms with Gasteiger partial charge in [0.05, 0.1) is 12.5 Å². The number of H-pyrrole nitrogens is 1. The van der Waals surface area contributed by atoms with Crippen molar-refractivity contribution in [3.63, 3.8) is 0 Å². The molecule has 1 aromatic carbocycles. The van der Waals surface area contributed by atoms with E-state index in [0.29, 0.717) is 0 Å². The highest BCUT2D eigenvalue weighted by Crippen LogP contribution is 2.24. The van der Waals surface area contributed by atoms with Crippen LogP contribution >= 0.6 is 0 Å². The van der Waals surface area contributed by atoms with Crippen LogP contribution in [0.5, 0.6) is 6.01 Å². The molecular weight excluding hydrogens is 244 g/mol. The number of ether oxygens (including phenoxy) is 1. The lowest BCUT2D eigenvalue weighted by Gasteiger charge is -2.23. The number of hydrogen-bond donors (Lipinski definition) is 2. The van der Waals surface area contributed by atoms with Crippen molar-refractivity contribution in [3.05, 3.63) is 35.9 Å². The number of aromatic amines is 1. The van der Waals surface area contributed by atoms with Crippen molar-refractivity contribution in [1.82, 2.24) is 15.2 Å². The first-order chi connectivity index (χ1) is 9.04. The molecule has 2 aromatic rings. The summed E-state index contributed by atoms with van der Waals surface area (Å²) < 4.78 is 4.84. The third kappa shape index (κ3) is 2.73. The second-order valence-electron chi connectivity index (χ2n) is 4.62. The Labute approximate surface area is 111 Å². The van der Waals surface area contributed by atoms with Crippen LogP contribution in [0.1, 0.15) is 19.4 Å². The SMILES string of the molecule is COc1n[nH]c(NC(=O)C(C)(C)c2ccccc2)n1. The summed E-state index contributed by atoms with van der Waals surface area (Å²) in [5.41, 5.74) is 0.264. The van der Waals surface area contributed by atoms with Crippen LogP contribution < -0.4 is 10.1 Å². The van der Waals surface area contributed by atoms with E-state index in [1.807, 2.05) is 44.2 Å². The van der Waals surface area contributed by atoms with E-state index in [0.717, 1.165) is 5.56 Å². The van der Waals surface area contributed by atoms with Gasteiger partial charge in [0.1, 0.15) is 0 Å². The van der Waals surface area contributed by atoms with E-state index in [2.05, 4.69) is 20.5 Å². The molecule has 6 nitrogen and oxygen atoms in total. The molecule has 0 saturated heterocycles. The van der Waals surface area contributed by atoms with Gasteiger partial charge in [-0.15, -0.1) is 5.10 Å². The van der Waals surface area contributed by atoms with E-state index in [1.54, 1.807) is 0 Å². The van der Waals surface area contributed by atoms with Crippen molar-refractivity contribution in [3.8, 4) is 6.01 Å². The molecule has 0 saturated carbocycles. The smallest absolute Gasteiger partial charge is 0.336 e. The highest BCUT2D eigenvalue weighted by molar-refractivity contribution is 5.97. The molecule has 0 fully saturated rings. The molecule has 0 aliphatic heterocycles. The van der Waals surface area contributed by atoms with Crippen LogP contribution in [0.15, 0.2) is 30.3 Å². The first kappa shape index (κ1) is 13.1. The number of anilines is 1. The molecule has 0 aliphatic rings. The summed E-state index contributed by atoms with van der Waals surface area (Å²) in [6.07, 6.45) is 0. The van der Waals surface area contributed by atoms with Crippen molar-refractivity contribution >= 4 is 11.9 Å². The minimum atomic E-state index is -0.665. The largest absolute Gasteiger partial charge is 0.466 e. The second-order valence-corrected chi connectivity index (χ2v) is 4.62. The van der Waals surface area contributed by atoms with Gasteiger partial charge in [-0.05, 0) is 19.4 Å². The van der Waals surface area contributed by atoms with Gasteiger partial charge >= 0.3 is 6.01 Å². The van der Waals surface area contributed by atoms with Crippen LogP contribution in [0, 0.1) is 0 Å². The number of nitrogens with one attached hydrogen (secondary N) is 2. The Hall–Kier alpha value is -2.37. The summed E-state index contributed by atoms with van der Waals surface area (Å²) in [5.74, 6) is 0.100. The lowest BCUT2D eigenvalue weighted by Crippen LogP contribution is -2.35. The summed E-state index contributed by atoms with van der Waals surface area (Å²) in [6, 6.07) is 9.75. The average Bonchev–Trinajstić information content (AvgIpc) is 2.87. The molecule has 19 heavy (non-hydrogen) atoms. The van der Waals surface area contributed by atoms with Crippen LogP contribution in [0.3, 0.4) is 0 Å². The maximum Gasteiger partial charge on any atom is 0.336 e. The summed E-state index contributed by atoms with van der Waals surface area (Å²) in [5, 5.41) is 9.05. The zero-order valence-corrected chi connectivity index (χ0v) is 11.1. The van der Waals surface area contributed by atoms with Gasteiger partial charge in [-0.1, -0.05) is 30.3 Å². The van der Waals surface area contributed by atoms with Crippen LogP contribution in [-0.2, 0) is 10.2 Å². The number of amides is 1. The summed E-state index contributed by atoms with van der Waals surface area (Å²) in [4.78, 5) is 16.2. The highest BCUT2D eigenvalue weighted by Gasteiger charge is 2.30. The number of methoxy groups -OCH3 is 1. The van der Waals surface area contributed by atoms with E-state index >= 15 is 0 Å². The van der Waals surface area contributed by atoms with Crippen molar-refractivity contribution in [2.75, 3.05) is 12.4 Å². The van der Waals surface area contributed by atoms with Crippen LogP contribution in [0.4, 0.5) is 5.95 Å². The Morgan fingerprint density at radius 3 is 2.58 bits per heavy atom. The molecule has 0 bridgehead atoms. The molecule has 2 N–H and O–H groups in total. The molecule has 2 rings (SSSR count). The lowest BCUT2D eigenvalue weighted by atomic mass is 9.84. The third-order valence-corrected chi connectivity index (χ3v) is 2.94. The van der Waals surface area contributed by atoms with Gasteiger partial charge in [-0.25, -0.2) is 5.10 Å². The Bertz CT molecular complexity index is 563. The normalized spacial score (nSPS) is 11.1. The van der Waals surface area contributed by atoms with E-state index in [4.69, 9.17) is 4.74 Å². The molecule has 1 heterocycles. The number of nitrogens with zero attached hydrogens (tertiary/aromatic N) is 2. The van der Waals surface area contributed by atoms with Gasteiger partial charge in [0.25, 0.3) is 0 Å². The van der Waals surface area contributed by atoms with E-state index < -0.39 is 5.41 Å². The maximum atomic E-state index is 12.3. The number of carbonyl (C=O) groups is 1. The van der Waals surface area contributed by atoms with Crippen LogP contribution in [0.25, 0.3) is 0 Å². The molecule has 100 valence electrons. The zero-order chi connectivity index (χ0) is 13.9. The van der Waals surface area contributed by atoms with Crippen molar-refractivity contribution in [2.45, 2.75) is 19.3 Å². The molecule has 1 amide bonds. The van der Waals surface area contributed by atoms with Crippen molar-refractivity contribution in [1.29, 1.82) is 0 Å². The predicted octanol–water partition coefficient (Wildman–Crippen LogP) is 1.73. The molecule has 0 aliphatic carbocycles. The van der Waals surface area contributed by atoms with Crippen LogP contribution in [-0.4, -0.2) is 28.2 Å². The number of aromatic nitrogens is 3. The van der Waals surface area contributed by atoms with Crippen molar-refractivity contribution in [2.24, 2.45) is 0 Å². The number of carbonyl (C=O) groups excluding carboxylic acids is 1. The van der Waals surface area contributed by atoms with Gasteiger partial charge in [0.15, 0.2) is 0 Å². The summed E-state index contributed by atoms with van der Waals surface area (Å²) in [7, 11) is 1.46. The molecule has 0 unspecified atom stereocenters. The molecule has 6 heteroatoms. The first-order valence-corrected chi connectivity index (χ1v) is 5.87. The highest BCUT2D eigenvalue weighted by atomic mass is 16.5. The quantitative estimate of drug-likeness (QED) is 0.877. The molecule has 1 aromatic heterocycles. The van der Waals surface area contributed by atoms with E-state index in [9.17, 15) is 4.79 Å². The molecule has 0 spiro atoms. The van der Waals surface area contributed by atoms with Gasteiger partial charge in [0, 0.05) is 0 Å². The number of benzene rings is 1. The van der Waals surface area contributed by atoms with Gasteiger partial charge in [-0.2, -0.15) is 4.98 Å². The monoisotopic (exact) mass is 260 g/mol. The fourth-order valence-corrected chi connectivity index (χ4v) is 1.64. The van der Waals surface area contributed by atoms with E-state index in [-0.39, 0.29) is 17.9 Å². The average molecular weight is 260 g/mol. The van der Waals surface area contributed by atoms with Crippen molar-refractivity contribution < 1.29 is 9.53 Å². The summed E-state index contributed by atoms with van der Waals surface area (Å²) in [6.45, 7) is 3.70. The predicted molar refractivity (Wildman–Crippen MR) is 71.0 cm³/mol. The minimum absolute atomic E-state index is 0.169. The molecule has 0 radical (unpaired) electrons. The van der Waals surface area contributed by atoms with Gasteiger partial charge in [-0.3, -0.25) is 10.1 Å². The Morgan fingerprint density at radius 2 is 2.00 bits per heavy atom.